The van der Waals surface area contributed by atoms with Crippen molar-refractivity contribution in [1.82, 2.24) is 8.61 Å². The molecule has 0 saturated carbocycles. The highest BCUT2D eigenvalue weighted by Gasteiger charge is 2.36. The molecule has 2 fully saturated rings. The molecule has 98 valence electrons. The SMILES string of the molecule is O=C(O)CC1CCN(S(=O)(=O)N2CCCC2)C1. The second-order valence-corrected chi connectivity index (χ2v) is 6.65. The largest absolute Gasteiger partial charge is 0.481 e. The summed E-state index contributed by atoms with van der Waals surface area (Å²) < 4.78 is 27.3. The summed E-state index contributed by atoms with van der Waals surface area (Å²) in [5.41, 5.74) is 0. The lowest BCUT2D eigenvalue weighted by Gasteiger charge is -2.23. The van der Waals surface area contributed by atoms with Crippen LogP contribution in [0, 0.1) is 5.92 Å². The second kappa shape index (κ2) is 4.91. The van der Waals surface area contributed by atoms with Crippen molar-refractivity contribution in [3.8, 4) is 0 Å². The highest BCUT2D eigenvalue weighted by Crippen LogP contribution is 2.25. The normalized spacial score (nSPS) is 27.6. The van der Waals surface area contributed by atoms with Gasteiger partial charge in [-0.15, -0.1) is 0 Å². The smallest absolute Gasteiger partial charge is 0.303 e. The van der Waals surface area contributed by atoms with E-state index in [-0.39, 0.29) is 12.3 Å². The summed E-state index contributed by atoms with van der Waals surface area (Å²) >= 11 is 0. The molecule has 17 heavy (non-hydrogen) atoms. The zero-order valence-electron chi connectivity index (χ0n) is 9.71. The van der Waals surface area contributed by atoms with Gasteiger partial charge >= 0.3 is 5.97 Å². The number of carboxylic acids is 1. The van der Waals surface area contributed by atoms with Gasteiger partial charge in [0, 0.05) is 32.6 Å². The van der Waals surface area contributed by atoms with Crippen LogP contribution in [0.4, 0.5) is 0 Å². The lowest BCUT2D eigenvalue weighted by Crippen LogP contribution is -2.41. The van der Waals surface area contributed by atoms with Crippen LogP contribution < -0.4 is 0 Å². The van der Waals surface area contributed by atoms with Crippen LogP contribution in [0.25, 0.3) is 0 Å². The van der Waals surface area contributed by atoms with Crippen LogP contribution in [0.2, 0.25) is 0 Å². The lowest BCUT2D eigenvalue weighted by molar-refractivity contribution is -0.137. The second-order valence-electron chi connectivity index (χ2n) is 4.72. The topological polar surface area (TPSA) is 77.9 Å². The molecule has 7 heteroatoms. The molecule has 2 rings (SSSR count). The number of rotatable bonds is 4. The summed E-state index contributed by atoms with van der Waals surface area (Å²) in [6.07, 6.45) is 2.56. The minimum atomic E-state index is -3.33. The first-order valence-electron chi connectivity index (χ1n) is 5.97. The molecule has 2 aliphatic heterocycles. The lowest BCUT2D eigenvalue weighted by atomic mass is 10.1. The Kier molecular flexibility index (Phi) is 3.70. The van der Waals surface area contributed by atoms with Gasteiger partial charge in [0.1, 0.15) is 0 Å². The van der Waals surface area contributed by atoms with E-state index < -0.39 is 16.2 Å². The fourth-order valence-electron chi connectivity index (χ4n) is 2.50. The van der Waals surface area contributed by atoms with Crippen LogP contribution in [-0.4, -0.2) is 54.3 Å². The fourth-order valence-corrected chi connectivity index (χ4v) is 4.28. The van der Waals surface area contributed by atoms with E-state index in [0.29, 0.717) is 32.6 Å². The van der Waals surface area contributed by atoms with Crippen LogP contribution in [0.5, 0.6) is 0 Å². The molecule has 1 unspecified atom stereocenters. The number of carbonyl (C=O) groups is 1. The average molecular weight is 262 g/mol. The Labute approximate surface area is 101 Å². The number of nitrogens with zero attached hydrogens (tertiary/aromatic N) is 2. The monoisotopic (exact) mass is 262 g/mol. The van der Waals surface area contributed by atoms with Crippen LogP contribution in [-0.2, 0) is 15.0 Å². The average Bonchev–Trinajstić information content (AvgIpc) is 2.85. The maximum atomic E-state index is 12.2. The standard InChI is InChI=1S/C10H18N2O4S/c13-10(14)7-9-3-6-12(8-9)17(15,16)11-4-1-2-5-11/h9H,1-8H2,(H,13,14). The quantitative estimate of drug-likeness (QED) is 0.781. The third kappa shape index (κ3) is 2.78. The number of hydrogen-bond donors (Lipinski definition) is 1. The summed E-state index contributed by atoms with van der Waals surface area (Å²) in [4.78, 5) is 10.6. The molecule has 0 spiro atoms. The maximum Gasteiger partial charge on any atom is 0.303 e. The van der Waals surface area contributed by atoms with Crippen molar-refractivity contribution in [3.63, 3.8) is 0 Å². The van der Waals surface area contributed by atoms with Gasteiger partial charge in [-0.2, -0.15) is 17.0 Å². The van der Waals surface area contributed by atoms with Crippen molar-refractivity contribution in [3.05, 3.63) is 0 Å². The Balaban J connectivity index is 1.97. The molecule has 0 aromatic carbocycles. The first kappa shape index (κ1) is 12.8. The Hall–Kier alpha value is -0.660. The molecule has 0 aromatic heterocycles. The van der Waals surface area contributed by atoms with E-state index in [1.165, 1.54) is 8.61 Å². The van der Waals surface area contributed by atoms with Gasteiger partial charge < -0.3 is 5.11 Å². The van der Waals surface area contributed by atoms with Crippen molar-refractivity contribution < 1.29 is 18.3 Å². The molecule has 6 nitrogen and oxygen atoms in total. The van der Waals surface area contributed by atoms with E-state index in [9.17, 15) is 13.2 Å². The van der Waals surface area contributed by atoms with Crippen LogP contribution in [0.1, 0.15) is 25.7 Å². The molecule has 0 aliphatic carbocycles. The van der Waals surface area contributed by atoms with Crippen LogP contribution >= 0.6 is 0 Å². The van der Waals surface area contributed by atoms with E-state index >= 15 is 0 Å². The minimum Gasteiger partial charge on any atom is -0.481 e. The van der Waals surface area contributed by atoms with Gasteiger partial charge in [0.05, 0.1) is 0 Å². The molecule has 0 amide bonds. The maximum absolute atomic E-state index is 12.2. The van der Waals surface area contributed by atoms with E-state index in [1.807, 2.05) is 0 Å². The summed E-state index contributed by atoms with van der Waals surface area (Å²) in [7, 11) is -3.33. The van der Waals surface area contributed by atoms with Crippen LogP contribution in [0.15, 0.2) is 0 Å². The Morgan fingerprint density at radius 1 is 1.18 bits per heavy atom. The van der Waals surface area contributed by atoms with E-state index in [1.54, 1.807) is 0 Å². The van der Waals surface area contributed by atoms with Crippen molar-refractivity contribution in [2.24, 2.45) is 5.92 Å². The van der Waals surface area contributed by atoms with Gasteiger partial charge in [-0.1, -0.05) is 0 Å². The number of carboxylic acid groups (broad SMARTS) is 1. The molecule has 2 heterocycles. The number of aliphatic carboxylic acids is 1. The van der Waals surface area contributed by atoms with Gasteiger partial charge in [0.15, 0.2) is 0 Å². The highest BCUT2D eigenvalue weighted by atomic mass is 32.2. The van der Waals surface area contributed by atoms with E-state index in [4.69, 9.17) is 5.11 Å². The third-order valence-corrected chi connectivity index (χ3v) is 5.43. The fraction of sp³-hybridized carbons (Fsp3) is 0.900. The summed E-state index contributed by atoms with van der Waals surface area (Å²) in [5, 5.41) is 8.70. The number of hydrogen-bond acceptors (Lipinski definition) is 3. The first-order valence-corrected chi connectivity index (χ1v) is 7.37. The molecule has 0 radical (unpaired) electrons. The van der Waals surface area contributed by atoms with Crippen molar-refractivity contribution >= 4 is 16.2 Å². The Bertz CT molecular complexity index is 389. The molecule has 2 saturated heterocycles. The first-order chi connectivity index (χ1) is 8.00. The van der Waals surface area contributed by atoms with Gasteiger partial charge in [0.25, 0.3) is 10.2 Å². The third-order valence-electron chi connectivity index (χ3n) is 3.43. The Morgan fingerprint density at radius 2 is 1.82 bits per heavy atom. The van der Waals surface area contributed by atoms with E-state index in [2.05, 4.69) is 0 Å². The predicted octanol–water partition coefficient (Wildman–Crippen LogP) is 0.124. The highest BCUT2D eigenvalue weighted by molar-refractivity contribution is 7.86. The van der Waals surface area contributed by atoms with Crippen molar-refractivity contribution in [1.29, 1.82) is 0 Å². The van der Waals surface area contributed by atoms with Crippen molar-refractivity contribution in [2.75, 3.05) is 26.2 Å². The summed E-state index contributed by atoms with van der Waals surface area (Å²) in [5.74, 6) is -0.889. The molecular weight excluding hydrogens is 244 g/mol. The predicted molar refractivity (Wildman–Crippen MR) is 61.7 cm³/mol. The van der Waals surface area contributed by atoms with Gasteiger partial charge in [-0.25, -0.2) is 0 Å². The zero-order chi connectivity index (χ0) is 12.5. The van der Waals surface area contributed by atoms with Crippen molar-refractivity contribution in [2.45, 2.75) is 25.7 Å². The molecule has 1 atom stereocenters. The molecule has 0 aromatic rings. The van der Waals surface area contributed by atoms with Gasteiger partial charge in [0.2, 0.25) is 0 Å². The summed E-state index contributed by atoms with van der Waals surface area (Å²) in [6, 6.07) is 0. The van der Waals surface area contributed by atoms with Gasteiger partial charge in [-0.05, 0) is 25.2 Å². The van der Waals surface area contributed by atoms with Crippen LogP contribution in [0.3, 0.4) is 0 Å². The van der Waals surface area contributed by atoms with Gasteiger partial charge in [-0.3, -0.25) is 4.79 Å². The molecular formula is C10H18N2O4S. The zero-order valence-corrected chi connectivity index (χ0v) is 10.5. The molecule has 1 N–H and O–H groups in total. The Morgan fingerprint density at radius 3 is 2.41 bits per heavy atom. The molecule has 2 aliphatic rings. The van der Waals surface area contributed by atoms with E-state index in [0.717, 1.165) is 12.8 Å². The summed E-state index contributed by atoms with van der Waals surface area (Å²) in [6.45, 7) is 2.01. The molecule has 0 bridgehead atoms. The minimum absolute atomic E-state index is 0.0371.